The Hall–Kier alpha value is -2.15. The number of aromatic nitrogens is 1. The number of rotatable bonds is 5. The molecule has 0 atom stereocenters. The molecule has 0 bridgehead atoms. The molecule has 0 saturated heterocycles. The van der Waals surface area contributed by atoms with Crippen LogP contribution in [0, 0.1) is 6.92 Å². The number of carbonyl (C=O) groups excluding carboxylic acids is 1. The first-order chi connectivity index (χ1) is 10.5. The van der Waals surface area contributed by atoms with Crippen LogP contribution in [0.5, 0.6) is 0 Å². The maximum absolute atomic E-state index is 12.3. The lowest BCUT2D eigenvalue weighted by molar-refractivity contribution is 0.0694. The van der Waals surface area contributed by atoms with E-state index in [9.17, 15) is 9.59 Å². The van der Waals surface area contributed by atoms with Gasteiger partial charge in [-0.2, -0.15) is 0 Å². The molecule has 0 spiro atoms. The first kappa shape index (κ1) is 14.8. The normalized spacial score (nSPS) is 14.1. The maximum Gasteiger partial charge on any atom is 0.339 e. The van der Waals surface area contributed by atoms with Crippen molar-refractivity contribution in [1.82, 2.24) is 9.88 Å². The van der Waals surface area contributed by atoms with Gasteiger partial charge in [-0.3, -0.25) is 4.79 Å². The molecule has 1 aliphatic rings. The van der Waals surface area contributed by atoms with Gasteiger partial charge in [0.25, 0.3) is 5.91 Å². The number of aryl methyl sites for hydroxylation is 1. The highest BCUT2D eigenvalue weighted by molar-refractivity contribution is 7.10. The van der Waals surface area contributed by atoms with Gasteiger partial charge in [0.15, 0.2) is 0 Å². The summed E-state index contributed by atoms with van der Waals surface area (Å²) in [6.45, 7) is 1.81. The van der Waals surface area contributed by atoms with Crippen LogP contribution in [0.25, 0.3) is 0 Å². The third kappa shape index (κ3) is 2.89. The summed E-state index contributed by atoms with van der Waals surface area (Å²) in [5, 5.41) is 11.8. The molecule has 22 heavy (non-hydrogen) atoms. The molecule has 1 fully saturated rings. The minimum atomic E-state index is -1.03. The highest BCUT2D eigenvalue weighted by Crippen LogP contribution is 2.41. The summed E-state index contributed by atoms with van der Waals surface area (Å²) in [5.74, 6) is 0.100. The van der Waals surface area contributed by atoms with Gasteiger partial charge in [-0.15, -0.1) is 11.3 Å². The molecule has 0 unspecified atom stereocenters. The molecule has 1 N–H and O–H groups in total. The molecule has 1 saturated carbocycles. The van der Waals surface area contributed by atoms with Gasteiger partial charge < -0.3 is 14.4 Å². The standard InChI is InChI=1S/C15H16N2O4S/c1-8-11(15(19)20)5-10(21-8)6-17(2)14(18)12-7-22-13(16-12)9-3-4-9/h5,7,9H,3-4,6H2,1-2H3,(H,19,20). The lowest BCUT2D eigenvalue weighted by Gasteiger charge is -2.13. The number of amides is 1. The van der Waals surface area contributed by atoms with Crippen LogP contribution in [0.3, 0.4) is 0 Å². The van der Waals surface area contributed by atoms with E-state index in [0.29, 0.717) is 23.1 Å². The van der Waals surface area contributed by atoms with Crippen molar-refractivity contribution >= 4 is 23.2 Å². The second-order valence-electron chi connectivity index (χ2n) is 5.49. The Morgan fingerprint density at radius 3 is 2.82 bits per heavy atom. The summed E-state index contributed by atoms with van der Waals surface area (Å²) < 4.78 is 5.39. The molecule has 1 aliphatic carbocycles. The van der Waals surface area contributed by atoms with Crippen molar-refractivity contribution in [2.24, 2.45) is 0 Å². The van der Waals surface area contributed by atoms with Crippen LogP contribution in [0.2, 0.25) is 0 Å². The van der Waals surface area contributed by atoms with Gasteiger partial charge in [0.05, 0.1) is 11.6 Å². The van der Waals surface area contributed by atoms with E-state index >= 15 is 0 Å². The molecule has 2 heterocycles. The van der Waals surface area contributed by atoms with Crippen LogP contribution in [0.1, 0.15) is 56.1 Å². The molecule has 3 rings (SSSR count). The minimum Gasteiger partial charge on any atom is -0.478 e. The number of furan rings is 1. The number of carboxylic acid groups (broad SMARTS) is 1. The van der Waals surface area contributed by atoms with Gasteiger partial charge in [-0.1, -0.05) is 0 Å². The number of carboxylic acids is 1. The smallest absolute Gasteiger partial charge is 0.339 e. The van der Waals surface area contributed by atoms with E-state index < -0.39 is 5.97 Å². The van der Waals surface area contributed by atoms with E-state index in [4.69, 9.17) is 9.52 Å². The van der Waals surface area contributed by atoms with Crippen LogP contribution >= 0.6 is 11.3 Å². The van der Waals surface area contributed by atoms with Crippen molar-refractivity contribution < 1.29 is 19.1 Å². The third-order valence-corrected chi connectivity index (χ3v) is 4.61. The fourth-order valence-corrected chi connectivity index (χ4v) is 3.20. The van der Waals surface area contributed by atoms with Gasteiger partial charge in [0.1, 0.15) is 22.8 Å². The summed E-state index contributed by atoms with van der Waals surface area (Å²) in [4.78, 5) is 29.2. The quantitative estimate of drug-likeness (QED) is 0.915. The van der Waals surface area contributed by atoms with Crippen molar-refractivity contribution in [2.75, 3.05) is 7.05 Å². The van der Waals surface area contributed by atoms with Crippen LogP contribution in [-0.4, -0.2) is 33.9 Å². The Balaban J connectivity index is 1.70. The number of hydrogen-bond donors (Lipinski definition) is 1. The number of thiazole rings is 1. The molecule has 0 radical (unpaired) electrons. The average Bonchev–Trinajstić information content (AvgIpc) is 3.08. The fourth-order valence-electron chi connectivity index (χ4n) is 2.24. The first-order valence-electron chi connectivity index (χ1n) is 6.99. The Bertz CT molecular complexity index is 730. The van der Waals surface area contributed by atoms with Crippen molar-refractivity contribution in [3.63, 3.8) is 0 Å². The van der Waals surface area contributed by atoms with Crippen molar-refractivity contribution in [3.8, 4) is 0 Å². The van der Waals surface area contributed by atoms with E-state index in [1.807, 2.05) is 0 Å². The van der Waals surface area contributed by atoms with E-state index in [1.165, 1.54) is 22.3 Å². The van der Waals surface area contributed by atoms with Crippen molar-refractivity contribution in [2.45, 2.75) is 32.2 Å². The SMILES string of the molecule is Cc1oc(CN(C)C(=O)c2csc(C3CC3)n2)cc1C(=O)O. The number of aromatic carboxylic acids is 1. The Kier molecular flexibility index (Phi) is 3.74. The topological polar surface area (TPSA) is 83.6 Å². The zero-order chi connectivity index (χ0) is 15.9. The molecule has 2 aromatic heterocycles. The number of carbonyl (C=O) groups is 2. The summed E-state index contributed by atoms with van der Waals surface area (Å²) in [6, 6.07) is 1.46. The largest absolute Gasteiger partial charge is 0.478 e. The molecule has 6 nitrogen and oxygen atoms in total. The zero-order valence-electron chi connectivity index (χ0n) is 12.3. The predicted octanol–water partition coefficient (Wildman–Crippen LogP) is 2.89. The molecule has 0 aliphatic heterocycles. The first-order valence-corrected chi connectivity index (χ1v) is 7.87. The van der Waals surface area contributed by atoms with Crippen LogP contribution in [0.4, 0.5) is 0 Å². The van der Waals surface area contributed by atoms with Crippen molar-refractivity contribution in [1.29, 1.82) is 0 Å². The predicted molar refractivity (Wildman–Crippen MR) is 80.3 cm³/mol. The number of hydrogen-bond acceptors (Lipinski definition) is 5. The van der Waals surface area contributed by atoms with Gasteiger partial charge >= 0.3 is 5.97 Å². The van der Waals surface area contributed by atoms with E-state index in [1.54, 1.807) is 19.4 Å². The lowest BCUT2D eigenvalue weighted by atomic mass is 10.2. The molecule has 7 heteroatoms. The van der Waals surface area contributed by atoms with E-state index in [-0.39, 0.29) is 18.0 Å². The Labute approximate surface area is 131 Å². The summed E-state index contributed by atoms with van der Waals surface area (Å²) in [5.41, 5.74) is 0.566. The summed E-state index contributed by atoms with van der Waals surface area (Å²) >= 11 is 1.52. The van der Waals surface area contributed by atoms with E-state index in [0.717, 1.165) is 17.8 Å². The summed E-state index contributed by atoms with van der Waals surface area (Å²) in [6.07, 6.45) is 2.31. The molecule has 1 amide bonds. The zero-order valence-corrected chi connectivity index (χ0v) is 13.1. The summed E-state index contributed by atoms with van der Waals surface area (Å²) in [7, 11) is 1.65. The monoisotopic (exact) mass is 320 g/mol. The van der Waals surface area contributed by atoms with Crippen molar-refractivity contribution in [3.05, 3.63) is 39.2 Å². The number of nitrogens with zero attached hydrogens (tertiary/aromatic N) is 2. The minimum absolute atomic E-state index is 0.125. The second-order valence-corrected chi connectivity index (χ2v) is 6.38. The molecular formula is C15H16N2O4S. The van der Waals surface area contributed by atoms with Gasteiger partial charge in [0.2, 0.25) is 0 Å². The van der Waals surface area contributed by atoms with Crippen LogP contribution in [0.15, 0.2) is 15.9 Å². The molecule has 116 valence electrons. The van der Waals surface area contributed by atoms with Gasteiger partial charge in [-0.05, 0) is 25.8 Å². The highest BCUT2D eigenvalue weighted by Gasteiger charge is 2.28. The molecule has 0 aromatic carbocycles. The van der Waals surface area contributed by atoms with E-state index in [2.05, 4.69) is 4.98 Å². The fraction of sp³-hybridized carbons (Fsp3) is 0.400. The Morgan fingerprint density at radius 1 is 1.50 bits per heavy atom. The Morgan fingerprint density at radius 2 is 2.23 bits per heavy atom. The lowest BCUT2D eigenvalue weighted by Crippen LogP contribution is -2.26. The maximum atomic E-state index is 12.3. The third-order valence-electron chi connectivity index (χ3n) is 3.61. The van der Waals surface area contributed by atoms with Gasteiger partial charge in [-0.25, -0.2) is 9.78 Å². The van der Waals surface area contributed by atoms with Crippen LogP contribution in [-0.2, 0) is 6.54 Å². The molecule has 2 aromatic rings. The second kappa shape index (κ2) is 5.57. The highest BCUT2D eigenvalue weighted by atomic mass is 32.1. The molecular weight excluding hydrogens is 304 g/mol. The van der Waals surface area contributed by atoms with Gasteiger partial charge in [0, 0.05) is 18.3 Å². The van der Waals surface area contributed by atoms with Crippen LogP contribution < -0.4 is 0 Å². The average molecular weight is 320 g/mol.